The molecule has 1 amide bonds. The largest absolute Gasteiger partial charge is 0.336 e. The van der Waals surface area contributed by atoms with E-state index in [1.54, 1.807) is 18.2 Å². The van der Waals surface area contributed by atoms with Crippen molar-refractivity contribution in [2.24, 2.45) is 0 Å². The van der Waals surface area contributed by atoms with Crippen molar-refractivity contribution in [2.75, 3.05) is 19.6 Å². The Morgan fingerprint density at radius 3 is 2.89 bits per heavy atom. The smallest absolute Gasteiger partial charge is 0.254 e. The number of piperazine rings is 1. The average Bonchev–Trinajstić information content (AvgIpc) is 2.32. The second-order valence-electron chi connectivity index (χ2n) is 4.24. The number of hydrogen-bond donors (Lipinski definition) is 1. The Hall–Kier alpha value is -0.290. The highest BCUT2D eigenvalue weighted by molar-refractivity contribution is 9.10. The van der Waals surface area contributed by atoms with Crippen LogP contribution in [0.4, 0.5) is 0 Å². The van der Waals surface area contributed by atoms with Crippen molar-refractivity contribution in [3.8, 4) is 0 Å². The van der Waals surface area contributed by atoms with Gasteiger partial charge in [-0.1, -0.05) is 11.6 Å². The van der Waals surface area contributed by atoms with Crippen molar-refractivity contribution in [1.82, 2.24) is 10.2 Å². The monoisotopic (exact) mass is 352 g/mol. The lowest BCUT2D eigenvalue weighted by atomic mass is 10.1. The molecule has 1 N–H and O–H groups in total. The average molecular weight is 354 g/mol. The molecule has 100 valence electrons. The van der Waals surface area contributed by atoms with Gasteiger partial charge in [0, 0.05) is 35.7 Å². The third kappa shape index (κ3) is 3.60. The van der Waals surface area contributed by atoms with Crippen LogP contribution in [0.25, 0.3) is 0 Å². The summed E-state index contributed by atoms with van der Waals surface area (Å²) in [4.78, 5) is 14.1. The van der Waals surface area contributed by atoms with Crippen molar-refractivity contribution < 1.29 is 4.79 Å². The molecule has 1 aliphatic rings. The summed E-state index contributed by atoms with van der Waals surface area (Å²) < 4.78 is 0.810. The van der Waals surface area contributed by atoms with Gasteiger partial charge in [-0.15, -0.1) is 12.4 Å². The number of benzene rings is 1. The van der Waals surface area contributed by atoms with Crippen LogP contribution in [-0.2, 0) is 0 Å². The highest BCUT2D eigenvalue weighted by Crippen LogP contribution is 2.24. The normalized spacial score (nSPS) is 19.3. The fourth-order valence-electron chi connectivity index (χ4n) is 1.93. The number of nitrogens with one attached hydrogen (secondary N) is 1. The summed E-state index contributed by atoms with van der Waals surface area (Å²) in [5.74, 6) is 0.0488. The molecule has 0 spiro atoms. The quantitative estimate of drug-likeness (QED) is 0.841. The van der Waals surface area contributed by atoms with E-state index in [1.807, 2.05) is 4.90 Å². The van der Waals surface area contributed by atoms with Gasteiger partial charge in [-0.05, 0) is 41.1 Å². The van der Waals surface area contributed by atoms with Gasteiger partial charge in [0.25, 0.3) is 5.91 Å². The molecule has 0 aromatic heterocycles. The van der Waals surface area contributed by atoms with Crippen molar-refractivity contribution in [3.05, 3.63) is 33.3 Å². The Kier molecular flexibility index (Phi) is 5.92. The zero-order valence-electron chi connectivity index (χ0n) is 9.95. The molecule has 1 saturated heterocycles. The van der Waals surface area contributed by atoms with Crippen molar-refractivity contribution in [3.63, 3.8) is 0 Å². The maximum Gasteiger partial charge on any atom is 0.254 e. The highest BCUT2D eigenvalue weighted by atomic mass is 79.9. The van der Waals surface area contributed by atoms with Gasteiger partial charge in [0.15, 0.2) is 0 Å². The first-order chi connectivity index (χ1) is 8.08. The Bertz CT molecular complexity index is 442. The second-order valence-corrected chi connectivity index (χ2v) is 5.50. The zero-order valence-corrected chi connectivity index (χ0v) is 13.1. The summed E-state index contributed by atoms with van der Waals surface area (Å²) in [7, 11) is 0. The van der Waals surface area contributed by atoms with Crippen LogP contribution in [0.1, 0.15) is 17.3 Å². The second kappa shape index (κ2) is 6.75. The minimum Gasteiger partial charge on any atom is -0.336 e. The summed E-state index contributed by atoms with van der Waals surface area (Å²) >= 11 is 9.31. The predicted octanol–water partition coefficient (Wildman–Crippen LogP) is 2.96. The molecule has 1 heterocycles. The number of halogens is 3. The Morgan fingerprint density at radius 2 is 2.28 bits per heavy atom. The lowest BCUT2D eigenvalue weighted by Gasteiger charge is -2.32. The molecular weight excluding hydrogens is 339 g/mol. The van der Waals surface area contributed by atoms with Gasteiger partial charge < -0.3 is 10.2 Å². The van der Waals surface area contributed by atoms with E-state index in [4.69, 9.17) is 11.6 Å². The number of amides is 1. The molecule has 0 unspecified atom stereocenters. The van der Waals surface area contributed by atoms with E-state index in [0.29, 0.717) is 16.6 Å². The summed E-state index contributed by atoms with van der Waals surface area (Å²) in [5.41, 5.74) is 0.646. The molecule has 0 saturated carbocycles. The molecule has 18 heavy (non-hydrogen) atoms. The van der Waals surface area contributed by atoms with Gasteiger partial charge in [-0.2, -0.15) is 0 Å². The van der Waals surface area contributed by atoms with Crippen molar-refractivity contribution in [1.29, 1.82) is 0 Å². The first-order valence-electron chi connectivity index (χ1n) is 5.55. The van der Waals surface area contributed by atoms with Crippen LogP contribution < -0.4 is 5.32 Å². The topological polar surface area (TPSA) is 32.3 Å². The number of nitrogens with zero attached hydrogens (tertiary/aromatic N) is 1. The molecule has 1 aromatic rings. The third-order valence-electron chi connectivity index (χ3n) is 2.82. The molecule has 2 rings (SSSR count). The Balaban J connectivity index is 0.00000162. The van der Waals surface area contributed by atoms with Crippen LogP contribution in [0.2, 0.25) is 5.02 Å². The van der Waals surface area contributed by atoms with Crippen LogP contribution in [0.5, 0.6) is 0 Å². The zero-order chi connectivity index (χ0) is 12.4. The van der Waals surface area contributed by atoms with E-state index in [0.717, 1.165) is 24.1 Å². The van der Waals surface area contributed by atoms with Crippen molar-refractivity contribution >= 4 is 45.8 Å². The molecule has 1 fully saturated rings. The van der Waals surface area contributed by atoms with Gasteiger partial charge in [-0.3, -0.25) is 4.79 Å². The molecule has 1 aromatic carbocycles. The van der Waals surface area contributed by atoms with E-state index < -0.39 is 0 Å². The maximum absolute atomic E-state index is 12.2. The summed E-state index contributed by atoms with van der Waals surface area (Å²) in [6.07, 6.45) is 0. The van der Waals surface area contributed by atoms with E-state index in [9.17, 15) is 4.79 Å². The van der Waals surface area contributed by atoms with Crippen LogP contribution in [0, 0.1) is 0 Å². The maximum atomic E-state index is 12.2. The SMILES string of the molecule is C[C@@H]1CN(C(=O)c2ccc(Br)c(Cl)c2)CCN1.Cl. The molecule has 0 bridgehead atoms. The van der Waals surface area contributed by atoms with Gasteiger partial charge >= 0.3 is 0 Å². The summed E-state index contributed by atoms with van der Waals surface area (Å²) in [6, 6.07) is 5.66. The fraction of sp³-hybridized carbons (Fsp3) is 0.417. The highest BCUT2D eigenvalue weighted by Gasteiger charge is 2.21. The molecule has 3 nitrogen and oxygen atoms in total. The Labute approximate surface area is 126 Å². The number of carbonyl (C=O) groups excluding carboxylic acids is 1. The van der Waals surface area contributed by atoms with Crippen LogP contribution in [0.15, 0.2) is 22.7 Å². The molecular formula is C12H15BrCl2N2O. The Morgan fingerprint density at radius 1 is 1.56 bits per heavy atom. The predicted molar refractivity (Wildman–Crippen MR) is 79.8 cm³/mol. The first kappa shape index (κ1) is 15.8. The lowest BCUT2D eigenvalue weighted by Crippen LogP contribution is -2.51. The number of carbonyl (C=O) groups is 1. The molecule has 6 heteroatoms. The van der Waals surface area contributed by atoms with E-state index in [-0.39, 0.29) is 18.3 Å². The molecule has 1 atom stereocenters. The van der Waals surface area contributed by atoms with Crippen LogP contribution in [-0.4, -0.2) is 36.5 Å². The van der Waals surface area contributed by atoms with E-state index in [2.05, 4.69) is 28.2 Å². The summed E-state index contributed by atoms with van der Waals surface area (Å²) in [6.45, 7) is 4.41. The number of hydrogen-bond acceptors (Lipinski definition) is 2. The molecule has 1 aliphatic heterocycles. The van der Waals surface area contributed by atoms with Crippen molar-refractivity contribution in [2.45, 2.75) is 13.0 Å². The van der Waals surface area contributed by atoms with E-state index in [1.165, 1.54) is 0 Å². The van der Waals surface area contributed by atoms with Gasteiger partial charge in [0.1, 0.15) is 0 Å². The van der Waals surface area contributed by atoms with Crippen LogP contribution >= 0.6 is 39.9 Å². The van der Waals surface area contributed by atoms with Gasteiger partial charge in [0.05, 0.1) is 5.02 Å². The molecule has 0 radical (unpaired) electrons. The molecule has 0 aliphatic carbocycles. The summed E-state index contributed by atoms with van der Waals surface area (Å²) in [5, 5.41) is 3.88. The lowest BCUT2D eigenvalue weighted by molar-refractivity contribution is 0.0709. The van der Waals surface area contributed by atoms with E-state index >= 15 is 0 Å². The minimum absolute atomic E-state index is 0. The van der Waals surface area contributed by atoms with Gasteiger partial charge in [-0.25, -0.2) is 0 Å². The first-order valence-corrected chi connectivity index (χ1v) is 6.72. The minimum atomic E-state index is 0. The van der Waals surface area contributed by atoms with Gasteiger partial charge in [0.2, 0.25) is 0 Å². The fourth-order valence-corrected chi connectivity index (χ4v) is 2.36. The van der Waals surface area contributed by atoms with Crippen LogP contribution in [0.3, 0.4) is 0 Å². The number of rotatable bonds is 1. The third-order valence-corrected chi connectivity index (χ3v) is 4.06. The standard InChI is InChI=1S/C12H14BrClN2O.ClH/c1-8-7-16(5-4-15-8)12(17)9-2-3-10(13)11(14)6-9;/h2-3,6,8,15H,4-5,7H2,1H3;1H/t8-;/m1./s1.